The number of halogens is 2. The molecule has 0 aliphatic carbocycles. The molecule has 1 amide bonds. The van der Waals surface area contributed by atoms with E-state index in [4.69, 9.17) is 0 Å². The Kier molecular flexibility index (Phi) is 6.69. The molecule has 0 heterocycles. The molecule has 5 nitrogen and oxygen atoms in total. The van der Waals surface area contributed by atoms with E-state index in [1.165, 1.54) is 38.4 Å². The number of hydrogen-bond donors (Lipinski definition) is 1. The molecule has 8 heteroatoms. The lowest BCUT2D eigenvalue weighted by atomic mass is 10.2. The Morgan fingerprint density at radius 2 is 1.85 bits per heavy atom. The second kappa shape index (κ2) is 8.57. The summed E-state index contributed by atoms with van der Waals surface area (Å²) in [6, 6.07) is 10.8. The first kappa shape index (κ1) is 20.3. The molecule has 138 valence electrons. The summed E-state index contributed by atoms with van der Waals surface area (Å²) in [5, 5.41) is 2.66. The van der Waals surface area contributed by atoms with Crippen molar-refractivity contribution in [1.29, 1.82) is 0 Å². The van der Waals surface area contributed by atoms with E-state index in [1.54, 1.807) is 30.3 Å². The maximum atomic E-state index is 13.4. The number of benzene rings is 2. The van der Waals surface area contributed by atoms with Gasteiger partial charge in [-0.05, 0) is 57.4 Å². The van der Waals surface area contributed by atoms with Crippen molar-refractivity contribution in [3.63, 3.8) is 0 Å². The fraction of sp³-hybridized carbons (Fsp3) is 0.167. The van der Waals surface area contributed by atoms with E-state index >= 15 is 0 Å². The first-order chi connectivity index (χ1) is 12.2. The second-order valence-electron chi connectivity index (χ2n) is 5.66. The quantitative estimate of drug-likeness (QED) is 0.701. The van der Waals surface area contributed by atoms with Crippen molar-refractivity contribution in [2.45, 2.75) is 11.4 Å². The highest BCUT2D eigenvalue weighted by molar-refractivity contribution is 9.10. The summed E-state index contributed by atoms with van der Waals surface area (Å²) in [5.41, 5.74) is 1.33. The molecule has 0 unspecified atom stereocenters. The van der Waals surface area contributed by atoms with Gasteiger partial charge in [0.2, 0.25) is 15.9 Å². The number of hydrogen-bond acceptors (Lipinski definition) is 3. The van der Waals surface area contributed by atoms with Crippen LogP contribution in [0, 0.1) is 5.82 Å². The van der Waals surface area contributed by atoms with Crippen molar-refractivity contribution >= 4 is 37.9 Å². The van der Waals surface area contributed by atoms with Gasteiger partial charge in [0, 0.05) is 26.7 Å². The van der Waals surface area contributed by atoms with Gasteiger partial charge in [-0.15, -0.1) is 0 Å². The van der Waals surface area contributed by atoms with Crippen LogP contribution < -0.4 is 5.32 Å². The van der Waals surface area contributed by atoms with Crippen molar-refractivity contribution in [1.82, 2.24) is 9.62 Å². The lowest BCUT2D eigenvalue weighted by molar-refractivity contribution is -0.116. The summed E-state index contributed by atoms with van der Waals surface area (Å²) in [6.45, 7) is 0.202. The number of nitrogens with one attached hydrogen (secondary N) is 1. The van der Waals surface area contributed by atoms with Gasteiger partial charge >= 0.3 is 0 Å². The molecule has 0 spiro atoms. The molecule has 0 radical (unpaired) electrons. The molecule has 0 atom stereocenters. The number of amides is 1. The highest BCUT2D eigenvalue weighted by Gasteiger charge is 2.16. The van der Waals surface area contributed by atoms with Crippen molar-refractivity contribution in [3.8, 4) is 0 Å². The molecule has 1 N–H and O–H groups in total. The predicted molar refractivity (Wildman–Crippen MR) is 102 cm³/mol. The minimum Gasteiger partial charge on any atom is -0.348 e. The van der Waals surface area contributed by atoms with E-state index in [0.29, 0.717) is 15.6 Å². The number of rotatable bonds is 6. The van der Waals surface area contributed by atoms with Crippen LogP contribution in [0.4, 0.5) is 4.39 Å². The topological polar surface area (TPSA) is 66.5 Å². The second-order valence-corrected chi connectivity index (χ2v) is 8.66. The van der Waals surface area contributed by atoms with Gasteiger partial charge in [0.05, 0.1) is 9.37 Å². The molecule has 0 aliphatic rings. The summed E-state index contributed by atoms with van der Waals surface area (Å²) < 4.78 is 38.9. The summed E-state index contributed by atoms with van der Waals surface area (Å²) in [4.78, 5) is 12.0. The molecule has 0 bridgehead atoms. The van der Waals surface area contributed by atoms with E-state index in [9.17, 15) is 17.6 Å². The monoisotopic (exact) mass is 440 g/mol. The van der Waals surface area contributed by atoms with Crippen LogP contribution >= 0.6 is 15.9 Å². The number of carbonyl (C=O) groups is 1. The Bertz CT molecular complexity index is 926. The molecular formula is C18H18BrFN2O3S. The molecule has 0 aliphatic heterocycles. The van der Waals surface area contributed by atoms with Gasteiger partial charge in [-0.1, -0.05) is 18.2 Å². The van der Waals surface area contributed by atoms with E-state index < -0.39 is 10.0 Å². The predicted octanol–water partition coefficient (Wildman–Crippen LogP) is 3.17. The van der Waals surface area contributed by atoms with Crippen LogP contribution in [-0.4, -0.2) is 32.7 Å². The number of carbonyl (C=O) groups excluding carboxylic acids is 1. The van der Waals surface area contributed by atoms with Gasteiger partial charge < -0.3 is 5.32 Å². The average molecular weight is 441 g/mol. The van der Waals surface area contributed by atoms with E-state index in [1.807, 2.05) is 0 Å². The third kappa shape index (κ3) is 5.23. The Balaban J connectivity index is 1.96. The maximum Gasteiger partial charge on any atom is 0.244 e. The Hall–Kier alpha value is -2.03. The van der Waals surface area contributed by atoms with Crippen molar-refractivity contribution in [3.05, 3.63) is 70.0 Å². The maximum absolute atomic E-state index is 13.4. The largest absolute Gasteiger partial charge is 0.348 e. The zero-order valence-electron chi connectivity index (χ0n) is 14.2. The smallest absolute Gasteiger partial charge is 0.244 e. The van der Waals surface area contributed by atoms with Crippen LogP contribution in [0.3, 0.4) is 0 Å². The molecule has 0 saturated heterocycles. The van der Waals surface area contributed by atoms with Gasteiger partial charge in [-0.3, -0.25) is 4.79 Å². The zero-order chi connectivity index (χ0) is 19.3. The van der Waals surface area contributed by atoms with E-state index in [-0.39, 0.29) is 23.2 Å². The van der Waals surface area contributed by atoms with Crippen LogP contribution in [0.5, 0.6) is 0 Å². The Morgan fingerprint density at radius 3 is 2.42 bits per heavy atom. The van der Waals surface area contributed by atoms with Gasteiger partial charge in [0.1, 0.15) is 5.82 Å². The van der Waals surface area contributed by atoms with Crippen LogP contribution in [0.25, 0.3) is 6.08 Å². The highest BCUT2D eigenvalue weighted by atomic mass is 79.9. The molecule has 0 saturated carbocycles. The molecule has 0 aromatic heterocycles. The Morgan fingerprint density at radius 1 is 1.19 bits per heavy atom. The van der Waals surface area contributed by atoms with Crippen LogP contribution in [-0.2, 0) is 21.4 Å². The minimum atomic E-state index is -3.47. The van der Waals surface area contributed by atoms with Gasteiger partial charge in [0.25, 0.3) is 0 Å². The lowest BCUT2D eigenvalue weighted by Gasteiger charge is -2.11. The van der Waals surface area contributed by atoms with E-state index in [0.717, 1.165) is 4.31 Å². The molecular weight excluding hydrogens is 423 g/mol. The fourth-order valence-corrected chi connectivity index (χ4v) is 3.18. The summed E-state index contributed by atoms with van der Waals surface area (Å²) in [7, 11) is -0.549. The number of sulfonamides is 1. The van der Waals surface area contributed by atoms with Crippen molar-refractivity contribution in [2.75, 3.05) is 14.1 Å². The lowest BCUT2D eigenvalue weighted by Crippen LogP contribution is -2.22. The normalized spacial score (nSPS) is 11.9. The minimum absolute atomic E-state index is 0.182. The van der Waals surface area contributed by atoms with Crippen molar-refractivity contribution < 1.29 is 17.6 Å². The van der Waals surface area contributed by atoms with Crippen LogP contribution in [0.15, 0.2) is 57.9 Å². The average Bonchev–Trinajstić information content (AvgIpc) is 2.61. The van der Waals surface area contributed by atoms with Crippen LogP contribution in [0.1, 0.15) is 11.1 Å². The molecule has 26 heavy (non-hydrogen) atoms. The van der Waals surface area contributed by atoms with Crippen molar-refractivity contribution in [2.24, 2.45) is 0 Å². The van der Waals surface area contributed by atoms with Gasteiger partial charge in [0.15, 0.2) is 0 Å². The molecule has 2 aromatic carbocycles. The first-order valence-electron chi connectivity index (χ1n) is 7.62. The molecule has 2 rings (SSSR count). The summed E-state index contributed by atoms with van der Waals surface area (Å²) >= 11 is 3.07. The number of nitrogens with zero attached hydrogens (tertiary/aromatic N) is 1. The van der Waals surface area contributed by atoms with Gasteiger partial charge in [-0.25, -0.2) is 17.1 Å². The van der Waals surface area contributed by atoms with E-state index in [2.05, 4.69) is 21.2 Å². The summed E-state index contributed by atoms with van der Waals surface area (Å²) in [5.74, 6) is -0.724. The summed E-state index contributed by atoms with van der Waals surface area (Å²) in [6.07, 6.45) is 2.91. The first-order valence-corrected chi connectivity index (χ1v) is 9.86. The zero-order valence-corrected chi connectivity index (χ0v) is 16.6. The fourth-order valence-electron chi connectivity index (χ4n) is 2.03. The van der Waals surface area contributed by atoms with Crippen LogP contribution in [0.2, 0.25) is 0 Å². The highest BCUT2D eigenvalue weighted by Crippen LogP contribution is 2.16. The third-order valence-electron chi connectivity index (χ3n) is 3.54. The van der Waals surface area contributed by atoms with Gasteiger partial charge in [-0.2, -0.15) is 0 Å². The SMILES string of the molecule is CN(C)S(=O)(=O)c1ccc(/C=C/C(=O)NCc2ccc(Br)c(F)c2)cc1. The molecule has 0 fully saturated rings. The third-order valence-corrected chi connectivity index (χ3v) is 6.01. The molecule has 2 aromatic rings. The Labute approximate surface area is 160 Å². The standard InChI is InChI=1S/C18H18BrFN2O3S/c1-22(2)26(24,25)15-7-3-13(4-8-15)6-10-18(23)21-12-14-5-9-16(19)17(20)11-14/h3-11H,12H2,1-2H3,(H,21,23)/b10-6+.